The lowest BCUT2D eigenvalue weighted by Gasteiger charge is -2.12. The highest BCUT2D eigenvalue weighted by molar-refractivity contribution is 7.99. The largest absolute Gasteiger partial charge is 0.325 e. The molecule has 34 heavy (non-hydrogen) atoms. The standard InChI is InChI=1S/C26H23N5O2S/c1-16-8-11-19(12-9-16)30-24(33)20-6-4-5-7-22(20)31-25(30)28-29-26(31)34-15-23(32)27-21-13-10-17(2)14-18(21)3/h4-14H,15H2,1-3H3,(H,27,32). The lowest BCUT2D eigenvalue weighted by atomic mass is 10.1. The normalized spacial score (nSPS) is 11.3. The Kier molecular flexibility index (Phi) is 5.67. The van der Waals surface area contributed by atoms with Crippen molar-refractivity contribution >= 4 is 40.0 Å². The number of benzene rings is 3. The Hall–Kier alpha value is -3.91. The average molecular weight is 470 g/mol. The summed E-state index contributed by atoms with van der Waals surface area (Å²) in [6, 6.07) is 21.0. The van der Waals surface area contributed by atoms with Gasteiger partial charge < -0.3 is 5.32 Å². The first kappa shape index (κ1) is 21.9. The fourth-order valence-corrected chi connectivity index (χ4v) is 4.71. The van der Waals surface area contributed by atoms with Crippen LogP contribution in [-0.4, -0.2) is 30.8 Å². The number of anilines is 1. The smallest absolute Gasteiger partial charge is 0.267 e. The quantitative estimate of drug-likeness (QED) is 0.378. The minimum Gasteiger partial charge on any atom is -0.325 e. The number of hydrogen-bond donors (Lipinski definition) is 1. The number of nitrogens with one attached hydrogen (secondary N) is 1. The highest BCUT2D eigenvalue weighted by Crippen LogP contribution is 2.24. The van der Waals surface area contributed by atoms with E-state index in [0.717, 1.165) is 22.4 Å². The van der Waals surface area contributed by atoms with E-state index in [-0.39, 0.29) is 17.2 Å². The van der Waals surface area contributed by atoms with E-state index in [9.17, 15) is 9.59 Å². The number of carbonyl (C=O) groups is 1. The Morgan fingerprint density at radius 2 is 1.68 bits per heavy atom. The number of amides is 1. The van der Waals surface area contributed by atoms with E-state index in [1.807, 2.05) is 85.8 Å². The highest BCUT2D eigenvalue weighted by Gasteiger charge is 2.18. The van der Waals surface area contributed by atoms with Gasteiger partial charge in [0.1, 0.15) is 0 Å². The zero-order valence-electron chi connectivity index (χ0n) is 19.1. The first-order valence-electron chi connectivity index (χ1n) is 10.9. The number of para-hydroxylation sites is 1. The van der Waals surface area contributed by atoms with Crippen molar-refractivity contribution in [1.29, 1.82) is 0 Å². The molecule has 0 fully saturated rings. The van der Waals surface area contributed by atoms with Crippen LogP contribution in [0.15, 0.2) is 76.7 Å². The molecule has 1 amide bonds. The van der Waals surface area contributed by atoms with Gasteiger partial charge in [0.2, 0.25) is 11.7 Å². The van der Waals surface area contributed by atoms with Crippen LogP contribution in [0, 0.1) is 20.8 Å². The van der Waals surface area contributed by atoms with E-state index in [4.69, 9.17) is 0 Å². The van der Waals surface area contributed by atoms with Gasteiger partial charge in [0.15, 0.2) is 5.16 Å². The number of rotatable bonds is 5. The first-order chi connectivity index (χ1) is 16.4. The van der Waals surface area contributed by atoms with E-state index in [1.54, 1.807) is 10.6 Å². The van der Waals surface area contributed by atoms with Gasteiger partial charge in [-0.15, -0.1) is 10.2 Å². The van der Waals surface area contributed by atoms with Crippen molar-refractivity contribution in [3.05, 3.63) is 93.8 Å². The molecule has 2 heterocycles. The van der Waals surface area contributed by atoms with Gasteiger partial charge in [-0.05, 0) is 56.7 Å². The van der Waals surface area contributed by atoms with Crippen molar-refractivity contribution in [2.45, 2.75) is 25.9 Å². The lowest BCUT2D eigenvalue weighted by Crippen LogP contribution is -2.22. The first-order valence-corrected chi connectivity index (χ1v) is 11.9. The van der Waals surface area contributed by atoms with Crippen molar-refractivity contribution in [1.82, 2.24) is 19.2 Å². The maximum absolute atomic E-state index is 13.4. The molecule has 0 aliphatic rings. The number of aryl methyl sites for hydroxylation is 3. The molecular formula is C26H23N5O2S. The maximum Gasteiger partial charge on any atom is 0.267 e. The molecule has 0 saturated carbocycles. The van der Waals surface area contributed by atoms with E-state index >= 15 is 0 Å². The molecule has 0 unspecified atom stereocenters. The predicted octanol–water partition coefficient (Wildman–Crippen LogP) is 4.69. The molecule has 0 aliphatic carbocycles. The molecule has 0 saturated heterocycles. The molecule has 0 radical (unpaired) electrons. The summed E-state index contributed by atoms with van der Waals surface area (Å²) in [7, 11) is 0. The summed E-state index contributed by atoms with van der Waals surface area (Å²) >= 11 is 1.28. The Balaban J connectivity index is 1.53. The van der Waals surface area contributed by atoms with Crippen molar-refractivity contribution < 1.29 is 4.79 Å². The van der Waals surface area contributed by atoms with E-state index in [0.29, 0.717) is 27.5 Å². The van der Waals surface area contributed by atoms with Crippen LogP contribution in [0.1, 0.15) is 16.7 Å². The SMILES string of the molecule is Cc1ccc(-n2c(=O)c3ccccc3n3c(SCC(=O)Nc4ccc(C)cc4C)nnc23)cc1. The second-order valence-corrected chi connectivity index (χ2v) is 9.21. The monoisotopic (exact) mass is 469 g/mol. The zero-order valence-corrected chi connectivity index (χ0v) is 19.9. The van der Waals surface area contributed by atoms with E-state index in [1.165, 1.54) is 11.8 Å². The molecule has 0 aliphatic heterocycles. The van der Waals surface area contributed by atoms with Crippen LogP contribution in [0.5, 0.6) is 0 Å². The van der Waals surface area contributed by atoms with Crippen LogP contribution < -0.4 is 10.9 Å². The van der Waals surface area contributed by atoms with Gasteiger partial charge in [-0.2, -0.15) is 0 Å². The molecule has 5 aromatic rings. The van der Waals surface area contributed by atoms with Gasteiger partial charge >= 0.3 is 0 Å². The Labute approximate surface area is 200 Å². The Bertz CT molecular complexity index is 1600. The van der Waals surface area contributed by atoms with Crippen molar-refractivity contribution in [3.63, 3.8) is 0 Å². The summed E-state index contributed by atoms with van der Waals surface area (Å²) in [5.41, 5.74) is 5.30. The van der Waals surface area contributed by atoms with Crippen LogP contribution in [0.2, 0.25) is 0 Å². The summed E-state index contributed by atoms with van der Waals surface area (Å²) in [6.45, 7) is 5.99. The van der Waals surface area contributed by atoms with Crippen LogP contribution >= 0.6 is 11.8 Å². The molecule has 0 bridgehead atoms. The molecule has 170 valence electrons. The third-order valence-electron chi connectivity index (χ3n) is 5.68. The zero-order chi connectivity index (χ0) is 23.8. The lowest BCUT2D eigenvalue weighted by molar-refractivity contribution is -0.113. The van der Waals surface area contributed by atoms with Gasteiger partial charge in [-0.25, -0.2) is 4.57 Å². The number of carbonyl (C=O) groups excluding carboxylic acids is 1. The van der Waals surface area contributed by atoms with Crippen LogP contribution in [0.4, 0.5) is 5.69 Å². The molecule has 7 nitrogen and oxygen atoms in total. The highest BCUT2D eigenvalue weighted by atomic mass is 32.2. The number of aromatic nitrogens is 4. The summed E-state index contributed by atoms with van der Waals surface area (Å²) < 4.78 is 3.40. The van der Waals surface area contributed by atoms with Crippen LogP contribution in [-0.2, 0) is 4.79 Å². The van der Waals surface area contributed by atoms with Crippen molar-refractivity contribution in [3.8, 4) is 5.69 Å². The second-order valence-electron chi connectivity index (χ2n) is 8.27. The third-order valence-corrected chi connectivity index (χ3v) is 6.60. The molecule has 1 N–H and O–H groups in total. The molecule has 2 aromatic heterocycles. The molecular weight excluding hydrogens is 446 g/mol. The fraction of sp³-hybridized carbons (Fsp3) is 0.154. The fourth-order valence-electron chi connectivity index (χ4n) is 3.97. The maximum atomic E-state index is 13.4. The van der Waals surface area contributed by atoms with Crippen molar-refractivity contribution in [2.75, 3.05) is 11.1 Å². The minimum absolute atomic E-state index is 0.134. The van der Waals surface area contributed by atoms with E-state index in [2.05, 4.69) is 15.5 Å². The van der Waals surface area contributed by atoms with Gasteiger partial charge in [-0.3, -0.25) is 14.0 Å². The topological polar surface area (TPSA) is 81.3 Å². The molecule has 0 spiro atoms. The molecule has 8 heteroatoms. The third kappa shape index (κ3) is 3.97. The second kappa shape index (κ2) is 8.79. The van der Waals surface area contributed by atoms with E-state index < -0.39 is 0 Å². The summed E-state index contributed by atoms with van der Waals surface area (Å²) in [4.78, 5) is 26.0. The number of thioether (sulfide) groups is 1. The van der Waals surface area contributed by atoms with Gasteiger partial charge in [0.25, 0.3) is 5.56 Å². The molecule has 3 aromatic carbocycles. The Morgan fingerprint density at radius 3 is 2.44 bits per heavy atom. The van der Waals surface area contributed by atoms with Crippen molar-refractivity contribution in [2.24, 2.45) is 0 Å². The summed E-state index contributed by atoms with van der Waals surface area (Å²) in [5, 5.41) is 12.7. The van der Waals surface area contributed by atoms with Crippen LogP contribution in [0.3, 0.4) is 0 Å². The van der Waals surface area contributed by atoms with Gasteiger partial charge in [0, 0.05) is 5.69 Å². The summed E-state index contributed by atoms with van der Waals surface area (Å²) in [6.07, 6.45) is 0. The minimum atomic E-state index is -0.163. The molecule has 5 rings (SSSR count). The number of hydrogen-bond acceptors (Lipinski definition) is 5. The average Bonchev–Trinajstić information content (AvgIpc) is 3.25. The number of fused-ring (bicyclic) bond motifs is 3. The molecule has 0 atom stereocenters. The van der Waals surface area contributed by atoms with Gasteiger partial charge in [-0.1, -0.05) is 59.3 Å². The number of nitrogens with zero attached hydrogens (tertiary/aromatic N) is 4. The van der Waals surface area contributed by atoms with Crippen LogP contribution in [0.25, 0.3) is 22.4 Å². The predicted molar refractivity (Wildman–Crippen MR) is 136 cm³/mol. The summed E-state index contributed by atoms with van der Waals surface area (Å²) in [5.74, 6) is 0.432. The van der Waals surface area contributed by atoms with Gasteiger partial charge in [0.05, 0.1) is 22.3 Å². The Morgan fingerprint density at radius 1 is 0.941 bits per heavy atom.